The third-order valence-corrected chi connectivity index (χ3v) is 2.26. The van der Waals surface area contributed by atoms with Gasteiger partial charge in [0.1, 0.15) is 0 Å². The summed E-state index contributed by atoms with van der Waals surface area (Å²) in [6.07, 6.45) is 0.763. The summed E-state index contributed by atoms with van der Waals surface area (Å²) in [7, 11) is 0. The van der Waals surface area contributed by atoms with Crippen LogP contribution in [0.4, 0.5) is 0 Å². The van der Waals surface area contributed by atoms with Gasteiger partial charge in [-0.2, -0.15) is 0 Å². The molecule has 2 atom stereocenters. The summed E-state index contributed by atoms with van der Waals surface area (Å²) in [4.78, 5) is 0. The molecule has 0 radical (unpaired) electrons. The van der Waals surface area contributed by atoms with Crippen molar-refractivity contribution >= 4 is 0 Å². The van der Waals surface area contributed by atoms with Crippen molar-refractivity contribution < 1.29 is 0 Å². The molecule has 2 unspecified atom stereocenters. The Labute approximate surface area is 75.3 Å². The van der Waals surface area contributed by atoms with E-state index in [0.717, 1.165) is 0 Å². The van der Waals surface area contributed by atoms with Gasteiger partial charge in [0, 0.05) is 0 Å². The number of nitrogens with one attached hydrogen (secondary N) is 3. The molecule has 0 aromatic rings. The molecule has 12 heavy (non-hydrogen) atoms. The SMILES string of the molecule is CC(C)C1NNC(C(C)(C)C)N1. The molecule has 3 N–H and O–H groups in total. The molecule has 0 spiro atoms. The average molecular weight is 171 g/mol. The van der Waals surface area contributed by atoms with Crippen LogP contribution in [0.5, 0.6) is 0 Å². The van der Waals surface area contributed by atoms with Crippen LogP contribution in [-0.4, -0.2) is 12.3 Å². The normalized spacial score (nSPS) is 31.5. The van der Waals surface area contributed by atoms with E-state index in [1.165, 1.54) is 0 Å². The minimum absolute atomic E-state index is 0.261. The molecule has 0 aliphatic carbocycles. The highest BCUT2D eigenvalue weighted by atomic mass is 15.5. The van der Waals surface area contributed by atoms with E-state index in [9.17, 15) is 0 Å². The lowest BCUT2D eigenvalue weighted by Crippen LogP contribution is -2.45. The van der Waals surface area contributed by atoms with Gasteiger partial charge in [0.15, 0.2) is 0 Å². The molecular weight excluding hydrogens is 150 g/mol. The Morgan fingerprint density at radius 1 is 1.08 bits per heavy atom. The molecular formula is C9H21N3. The summed E-state index contributed by atoms with van der Waals surface area (Å²) in [6.45, 7) is 11.1. The molecule has 1 fully saturated rings. The van der Waals surface area contributed by atoms with Crippen molar-refractivity contribution in [2.75, 3.05) is 0 Å². The Morgan fingerprint density at radius 3 is 1.92 bits per heavy atom. The molecule has 1 aliphatic heterocycles. The average Bonchev–Trinajstić information content (AvgIpc) is 2.30. The first kappa shape index (κ1) is 9.96. The molecule has 3 heteroatoms. The van der Waals surface area contributed by atoms with E-state index in [1.54, 1.807) is 0 Å². The number of rotatable bonds is 1. The highest BCUT2D eigenvalue weighted by Gasteiger charge is 2.32. The minimum atomic E-state index is 0.261. The zero-order valence-electron chi connectivity index (χ0n) is 8.73. The van der Waals surface area contributed by atoms with Crippen molar-refractivity contribution in [3.63, 3.8) is 0 Å². The predicted molar refractivity (Wildman–Crippen MR) is 51.3 cm³/mol. The van der Waals surface area contributed by atoms with Gasteiger partial charge in [-0.05, 0) is 11.3 Å². The van der Waals surface area contributed by atoms with Crippen LogP contribution in [0, 0.1) is 11.3 Å². The fraction of sp³-hybridized carbons (Fsp3) is 1.00. The van der Waals surface area contributed by atoms with Gasteiger partial charge in [-0.25, -0.2) is 10.9 Å². The lowest BCUT2D eigenvalue weighted by Gasteiger charge is -2.27. The van der Waals surface area contributed by atoms with Crippen LogP contribution in [0.15, 0.2) is 0 Å². The standard InChI is InChI=1S/C9H21N3/c1-6(2)7-10-8(12-11-7)9(3,4)5/h6-8,10-12H,1-5H3. The van der Waals surface area contributed by atoms with Crippen LogP contribution < -0.4 is 16.2 Å². The van der Waals surface area contributed by atoms with Crippen molar-refractivity contribution in [1.82, 2.24) is 16.2 Å². The Balaban J connectivity index is 2.46. The van der Waals surface area contributed by atoms with E-state index < -0.39 is 0 Å². The molecule has 1 aliphatic rings. The first-order valence-electron chi connectivity index (χ1n) is 4.68. The molecule has 0 saturated carbocycles. The van der Waals surface area contributed by atoms with Gasteiger partial charge in [0.05, 0.1) is 12.3 Å². The number of hydrogen-bond acceptors (Lipinski definition) is 3. The fourth-order valence-corrected chi connectivity index (χ4v) is 1.26. The van der Waals surface area contributed by atoms with Gasteiger partial charge in [-0.3, -0.25) is 5.32 Å². The number of hydrazine groups is 1. The third kappa shape index (κ3) is 2.19. The predicted octanol–water partition coefficient (Wildman–Crippen LogP) is 1.04. The second-order valence-electron chi connectivity index (χ2n) is 4.98. The molecule has 0 amide bonds. The summed E-state index contributed by atoms with van der Waals surface area (Å²) in [5, 5.41) is 3.51. The maximum absolute atomic E-state index is 3.51. The smallest absolute Gasteiger partial charge is 0.0765 e. The zero-order chi connectivity index (χ0) is 9.35. The van der Waals surface area contributed by atoms with Gasteiger partial charge < -0.3 is 0 Å². The Morgan fingerprint density at radius 2 is 1.67 bits per heavy atom. The van der Waals surface area contributed by atoms with Crippen LogP contribution >= 0.6 is 0 Å². The monoisotopic (exact) mass is 171 g/mol. The molecule has 1 rings (SSSR count). The van der Waals surface area contributed by atoms with E-state index >= 15 is 0 Å². The van der Waals surface area contributed by atoms with Crippen molar-refractivity contribution in [3.05, 3.63) is 0 Å². The van der Waals surface area contributed by atoms with E-state index in [0.29, 0.717) is 18.2 Å². The molecule has 0 aromatic carbocycles. The summed E-state index contributed by atoms with van der Waals surface area (Å²) in [5.41, 5.74) is 6.78. The highest BCUT2D eigenvalue weighted by Crippen LogP contribution is 2.20. The van der Waals surface area contributed by atoms with Crippen molar-refractivity contribution in [1.29, 1.82) is 0 Å². The van der Waals surface area contributed by atoms with Crippen LogP contribution in [0.3, 0.4) is 0 Å². The molecule has 1 heterocycles. The Hall–Kier alpha value is -0.120. The van der Waals surface area contributed by atoms with Gasteiger partial charge in [0.25, 0.3) is 0 Å². The summed E-state index contributed by atoms with van der Waals surface area (Å²) < 4.78 is 0. The number of hydrogen-bond donors (Lipinski definition) is 3. The summed E-state index contributed by atoms with van der Waals surface area (Å²) >= 11 is 0. The first-order valence-corrected chi connectivity index (χ1v) is 4.68. The highest BCUT2D eigenvalue weighted by molar-refractivity contribution is 4.86. The Bertz CT molecular complexity index is 148. The topological polar surface area (TPSA) is 36.1 Å². The van der Waals surface area contributed by atoms with Crippen LogP contribution in [0.25, 0.3) is 0 Å². The molecule has 3 nitrogen and oxygen atoms in total. The van der Waals surface area contributed by atoms with Crippen molar-refractivity contribution in [2.24, 2.45) is 11.3 Å². The fourth-order valence-electron chi connectivity index (χ4n) is 1.26. The second-order valence-corrected chi connectivity index (χ2v) is 4.98. The molecule has 72 valence electrons. The maximum Gasteiger partial charge on any atom is 0.0765 e. The summed E-state index contributed by atoms with van der Waals surface area (Å²) in [6, 6.07) is 0. The van der Waals surface area contributed by atoms with Crippen LogP contribution in [0.1, 0.15) is 34.6 Å². The van der Waals surface area contributed by atoms with Gasteiger partial charge in [-0.1, -0.05) is 34.6 Å². The van der Waals surface area contributed by atoms with Gasteiger partial charge >= 0.3 is 0 Å². The third-order valence-electron chi connectivity index (χ3n) is 2.26. The first-order chi connectivity index (χ1) is 5.41. The van der Waals surface area contributed by atoms with E-state index in [-0.39, 0.29) is 5.41 Å². The zero-order valence-corrected chi connectivity index (χ0v) is 8.73. The van der Waals surface area contributed by atoms with Gasteiger partial charge in [0.2, 0.25) is 0 Å². The Kier molecular flexibility index (Phi) is 2.76. The van der Waals surface area contributed by atoms with Crippen LogP contribution in [0.2, 0.25) is 0 Å². The van der Waals surface area contributed by atoms with Crippen LogP contribution in [-0.2, 0) is 0 Å². The molecule has 1 saturated heterocycles. The largest absolute Gasteiger partial charge is 0.284 e. The van der Waals surface area contributed by atoms with E-state index in [2.05, 4.69) is 50.8 Å². The molecule has 0 aromatic heterocycles. The molecule has 0 bridgehead atoms. The lowest BCUT2D eigenvalue weighted by molar-refractivity contribution is 0.258. The summed E-state index contributed by atoms with van der Waals surface area (Å²) in [5.74, 6) is 0.616. The van der Waals surface area contributed by atoms with E-state index in [1.807, 2.05) is 0 Å². The lowest BCUT2D eigenvalue weighted by atomic mass is 9.92. The van der Waals surface area contributed by atoms with Gasteiger partial charge in [-0.15, -0.1) is 0 Å². The van der Waals surface area contributed by atoms with E-state index in [4.69, 9.17) is 0 Å². The second kappa shape index (κ2) is 3.32. The minimum Gasteiger partial charge on any atom is -0.284 e. The van der Waals surface area contributed by atoms with Crippen molar-refractivity contribution in [3.8, 4) is 0 Å². The quantitative estimate of drug-likeness (QED) is 0.551. The van der Waals surface area contributed by atoms with Crippen molar-refractivity contribution in [2.45, 2.75) is 47.0 Å². The maximum atomic E-state index is 3.51.